The molecule has 0 heterocycles. The number of likely N-dealkylation sites (N-methyl/N-ethyl adjacent to an activating group) is 1. The monoisotopic (exact) mass is 328 g/mol. The number of ether oxygens (including phenoxy) is 1. The van der Waals surface area contributed by atoms with E-state index in [1.807, 2.05) is 12.1 Å². The predicted molar refractivity (Wildman–Crippen MR) is 84.6 cm³/mol. The molecule has 2 unspecified atom stereocenters. The molecule has 0 saturated heterocycles. The summed E-state index contributed by atoms with van der Waals surface area (Å²) in [5.41, 5.74) is 7.19. The van der Waals surface area contributed by atoms with Crippen LogP contribution in [-0.4, -0.2) is 31.1 Å². The minimum absolute atomic E-state index is 0.187. The van der Waals surface area contributed by atoms with Crippen molar-refractivity contribution in [3.8, 4) is 5.75 Å². The van der Waals surface area contributed by atoms with Crippen molar-refractivity contribution >= 4 is 15.9 Å². The van der Waals surface area contributed by atoms with Gasteiger partial charge in [-0.1, -0.05) is 29.8 Å². The van der Waals surface area contributed by atoms with E-state index >= 15 is 0 Å². The van der Waals surface area contributed by atoms with Gasteiger partial charge in [-0.25, -0.2) is 0 Å². The maximum atomic E-state index is 6.03. The Morgan fingerprint density at radius 3 is 2.53 bits per heavy atom. The first kappa shape index (κ1) is 16.5. The van der Waals surface area contributed by atoms with E-state index in [1.165, 1.54) is 0 Å². The second-order valence-electron chi connectivity index (χ2n) is 4.73. The van der Waals surface area contributed by atoms with Gasteiger partial charge < -0.3 is 10.5 Å². The lowest BCUT2D eigenvalue weighted by atomic mass is 10.0. The van der Waals surface area contributed by atoms with Gasteiger partial charge in [-0.05, 0) is 38.1 Å². The first-order chi connectivity index (χ1) is 9.08. The minimum atomic E-state index is 0.187. The van der Waals surface area contributed by atoms with Crippen LogP contribution in [0.1, 0.15) is 38.8 Å². The number of hydrogen-bond acceptors (Lipinski definition) is 3. The third-order valence-corrected chi connectivity index (χ3v) is 4.19. The standard InChI is InChI=1S/C15H25BrN2O/c1-5-11(3)18(6-2)14(10-17)13-9-12(16)7-8-15(13)19-4/h7-9,11,14H,5-6,10,17H2,1-4H3. The van der Waals surface area contributed by atoms with Crippen LogP contribution in [0, 0.1) is 0 Å². The Labute approximate surface area is 125 Å². The summed E-state index contributed by atoms with van der Waals surface area (Å²) in [4.78, 5) is 2.43. The first-order valence-electron chi connectivity index (χ1n) is 6.88. The Balaban J connectivity index is 3.17. The molecule has 4 heteroatoms. The van der Waals surface area contributed by atoms with E-state index in [9.17, 15) is 0 Å². The molecule has 0 radical (unpaired) electrons. The van der Waals surface area contributed by atoms with Gasteiger partial charge in [0, 0.05) is 22.6 Å². The molecule has 2 atom stereocenters. The van der Waals surface area contributed by atoms with Crippen LogP contribution >= 0.6 is 15.9 Å². The molecule has 19 heavy (non-hydrogen) atoms. The topological polar surface area (TPSA) is 38.5 Å². The highest BCUT2D eigenvalue weighted by Crippen LogP contribution is 2.32. The summed E-state index contributed by atoms with van der Waals surface area (Å²) < 4.78 is 6.55. The van der Waals surface area contributed by atoms with Gasteiger partial charge in [0.2, 0.25) is 0 Å². The lowest BCUT2D eigenvalue weighted by molar-refractivity contribution is 0.149. The van der Waals surface area contributed by atoms with Gasteiger partial charge in [-0.15, -0.1) is 0 Å². The van der Waals surface area contributed by atoms with Crippen molar-refractivity contribution in [3.05, 3.63) is 28.2 Å². The molecular formula is C15H25BrN2O. The molecule has 0 saturated carbocycles. The van der Waals surface area contributed by atoms with Crippen LogP contribution in [0.5, 0.6) is 5.75 Å². The van der Waals surface area contributed by atoms with Gasteiger partial charge >= 0.3 is 0 Å². The molecule has 0 aliphatic rings. The van der Waals surface area contributed by atoms with Crippen molar-refractivity contribution in [2.24, 2.45) is 5.73 Å². The number of methoxy groups -OCH3 is 1. The third-order valence-electron chi connectivity index (χ3n) is 3.70. The number of rotatable bonds is 7. The normalized spacial score (nSPS) is 14.5. The smallest absolute Gasteiger partial charge is 0.123 e. The number of hydrogen-bond donors (Lipinski definition) is 1. The van der Waals surface area contributed by atoms with Crippen LogP contribution in [0.15, 0.2) is 22.7 Å². The highest BCUT2D eigenvalue weighted by atomic mass is 79.9. The molecule has 0 aliphatic carbocycles. The van der Waals surface area contributed by atoms with Crippen molar-refractivity contribution in [1.82, 2.24) is 4.90 Å². The molecule has 0 fully saturated rings. The molecular weight excluding hydrogens is 304 g/mol. The summed E-state index contributed by atoms with van der Waals surface area (Å²) in [5, 5.41) is 0. The fraction of sp³-hybridized carbons (Fsp3) is 0.600. The number of benzene rings is 1. The van der Waals surface area contributed by atoms with E-state index in [4.69, 9.17) is 10.5 Å². The lowest BCUT2D eigenvalue weighted by Gasteiger charge is -2.35. The van der Waals surface area contributed by atoms with Gasteiger partial charge in [0.1, 0.15) is 5.75 Å². The summed E-state index contributed by atoms with van der Waals surface area (Å²) in [6.45, 7) is 8.20. The van der Waals surface area contributed by atoms with Crippen LogP contribution in [0.3, 0.4) is 0 Å². The van der Waals surface area contributed by atoms with Crippen LogP contribution in [0.4, 0.5) is 0 Å². The lowest BCUT2D eigenvalue weighted by Crippen LogP contribution is -2.39. The highest BCUT2D eigenvalue weighted by molar-refractivity contribution is 9.10. The zero-order valence-electron chi connectivity index (χ0n) is 12.3. The Hall–Kier alpha value is -0.580. The van der Waals surface area contributed by atoms with E-state index in [0.29, 0.717) is 12.6 Å². The molecule has 1 aromatic carbocycles. The molecule has 0 amide bonds. The SMILES string of the molecule is CCC(C)N(CC)C(CN)c1cc(Br)ccc1OC. The average Bonchev–Trinajstić information content (AvgIpc) is 2.43. The van der Waals surface area contributed by atoms with E-state index in [-0.39, 0.29) is 6.04 Å². The molecule has 0 aliphatic heterocycles. The van der Waals surface area contributed by atoms with Crippen molar-refractivity contribution in [2.75, 3.05) is 20.2 Å². The second-order valence-corrected chi connectivity index (χ2v) is 5.64. The summed E-state index contributed by atoms with van der Waals surface area (Å²) >= 11 is 3.53. The van der Waals surface area contributed by atoms with Crippen molar-refractivity contribution in [1.29, 1.82) is 0 Å². The molecule has 1 aromatic rings. The Morgan fingerprint density at radius 2 is 2.05 bits per heavy atom. The third kappa shape index (κ3) is 3.94. The number of halogens is 1. The van der Waals surface area contributed by atoms with Crippen LogP contribution in [0.25, 0.3) is 0 Å². The molecule has 3 nitrogen and oxygen atoms in total. The Morgan fingerprint density at radius 1 is 1.37 bits per heavy atom. The molecule has 0 aromatic heterocycles. The number of nitrogens with two attached hydrogens (primary N) is 1. The molecule has 0 spiro atoms. The quantitative estimate of drug-likeness (QED) is 0.831. The van der Waals surface area contributed by atoms with Gasteiger partial charge in [-0.2, -0.15) is 0 Å². The Kier molecular flexibility index (Phi) is 6.83. The highest BCUT2D eigenvalue weighted by Gasteiger charge is 2.24. The maximum Gasteiger partial charge on any atom is 0.123 e. The van der Waals surface area contributed by atoms with Crippen molar-refractivity contribution in [3.63, 3.8) is 0 Å². The van der Waals surface area contributed by atoms with Gasteiger partial charge in [0.25, 0.3) is 0 Å². The second kappa shape index (κ2) is 7.88. The van der Waals surface area contributed by atoms with Gasteiger partial charge in [-0.3, -0.25) is 4.90 Å². The summed E-state index contributed by atoms with van der Waals surface area (Å²) in [5.74, 6) is 0.903. The number of nitrogens with zero attached hydrogens (tertiary/aromatic N) is 1. The van der Waals surface area contributed by atoms with Gasteiger partial charge in [0.05, 0.1) is 13.2 Å². The van der Waals surface area contributed by atoms with Gasteiger partial charge in [0.15, 0.2) is 0 Å². The average molecular weight is 329 g/mol. The summed E-state index contributed by atoms with van der Waals surface area (Å²) in [6.07, 6.45) is 1.11. The van der Waals surface area contributed by atoms with Crippen molar-refractivity contribution < 1.29 is 4.74 Å². The molecule has 2 N–H and O–H groups in total. The zero-order valence-corrected chi connectivity index (χ0v) is 13.9. The predicted octanol–water partition coefficient (Wildman–Crippen LogP) is 3.58. The van der Waals surface area contributed by atoms with E-state index < -0.39 is 0 Å². The van der Waals surface area contributed by atoms with Crippen LogP contribution in [-0.2, 0) is 0 Å². The fourth-order valence-electron chi connectivity index (χ4n) is 2.48. The van der Waals surface area contributed by atoms with E-state index in [0.717, 1.165) is 28.8 Å². The van der Waals surface area contributed by atoms with E-state index in [2.05, 4.69) is 47.7 Å². The molecule has 1 rings (SSSR count). The van der Waals surface area contributed by atoms with Crippen molar-refractivity contribution in [2.45, 2.75) is 39.3 Å². The summed E-state index contributed by atoms with van der Waals surface area (Å²) in [7, 11) is 1.71. The largest absolute Gasteiger partial charge is 0.496 e. The Bertz CT molecular complexity index is 398. The zero-order chi connectivity index (χ0) is 14.4. The first-order valence-corrected chi connectivity index (χ1v) is 7.67. The summed E-state index contributed by atoms with van der Waals surface area (Å²) in [6, 6.07) is 6.79. The van der Waals surface area contributed by atoms with Crippen LogP contribution < -0.4 is 10.5 Å². The van der Waals surface area contributed by atoms with Crippen LogP contribution in [0.2, 0.25) is 0 Å². The van der Waals surface area contributed by atoms with E-state index in [1.54, 1.807) is 7.11 Å². The molecule has 0 bridgehead atoms. The fourth-order valence-corrected chi connectivity index (χ4v) is 2.86. The maximum absolute atomic E-state index is 6.03. The molecule has 108 valence electrons. The minimum Gasteiger partial charge on any atom is -0.496 e.